The molecule has 0 saturated heterocycles. The molecule has 0 bridgehead atoms. The lowest BCUT2D eigenvalue weighted by Gasteiger charge is -2.16. The maximum atomic E-state index is 6.62. The van der Waals surface area contributed by atoms with E-state index < -0.39 is 7.30 Å². The number of hydrogen-bond donors (Lipinski definition) is 0. The number of rotatable bonds is 8. The summed E-state index contributed by atoms with van der Waals surface area (Å²) in [6.45, 7) is 8.81. The molecular formula is C19H25ClO3P+. The molecule has 0 amide bonds. The molecule has 0 spiro atoms. The Balaban J connectivity index is 2.12. The van der Waals surface area contributed by atoms with E-state index in [4.69, 9.17) is 24.8 Å². The molecule has 3 nitrogen and oxygen atoms in total. The van der Waals surface area contributed by atoms with Gasteiger partial charge in [-0.25, -0.2) is 0 Å². The molecular weight excluding hydrogens is 343 g/mol. The maximum Gasteiger partial charge on any atom is 0.614 e. The van der Waals surface area contributed by atoms with E-state index in [0.29, 0.717) is 24.0 Å². The second kappa shape index (κ2) is 8.71. The molecule has 0 fully saturated rings. The first-order chi connectivity index (χ1) is 11.4. The van der Waals surface area contributed by atoms with E-state index in [-0.39, 0.29) is 0 Å². The van der Waals surface area contributed by atoms with Crippen molar-refractivity contribution in [3.05, 3.63) is 59.7 Å². The molecule has 2 rings (SSSR count). The molecule has 0 N–H and O–H groups in total. The minimum Gasteiger partial charge on any atom is -0.264 e. The van der Waals surface area contributed by atoms with Crippen molar-refractivity contribution in [2.75, 3.05) is 6.61 Å². The molecule has 2 aromatic rings. The predicted octanol–water partition coefficient (Wildman–Crippen LogP) is 6.74. The van der Waals surface area contributed by atoms with Crippen LogP contribution in [0.1, 0.15) is 31.4 Å². The van der Waals surface area contributed by atoms with Gasteiger partial charge < -0.3 is 0 Å². The van der Waals surface area contributed by atoms with Gasteiger partial charge in [-0.15, -0.1) is 0 Å². The summed E-state index contributed by atoms with van der Waals surface area (Å²) in [4.78, 5) is 0. The quantitative estimate of drug-likeness (QED) is 0.483. The largest absolute Gasteiger partial charge is 0.614 e. The number of aryl methyl sites for hydroxylation is 2. The van der Waals surface area contributed by atoms with Gasteiger partial charge in [0.25, 0.3) is 0 Å². The second-order valence-corrected chi connectivity index (χ2v) is 8.98. The Hall–Kier alpha value is -1.28. The predicted molar refractivity (Wildman–Crippen MR) is 102 cm³/mol. The number of hydrogen-bond acceptors (Lipinski definition) is 3. The van der Waals surface area contributed by atoms with E-state index in [2.05, 4.69) is 13.8 Å². The van der Waals surface area contributed by atoms with E-state index >= 15 is 0 Å². The van der Waals surface area contributed by atoms with E-state index in [1.54, 1.807) is 0 Å². The standard InChI is InChI=1S/C19H25ClO3P/c1-15(2)13-14-21-24(20,22-18-9-5-16(3)6-10-18)23-19-11-7-17(4)8-12-19/h5-12,15H,13-14H2,1-4H3/q+1. The van der Waals surface area contributed by atoms with Crippen molar-refractivity contribution in [3.63, 3.8) is 0 Å². The first kappa shape index (κ1) is 19.1. The first-order valence-electron chi connectivity index (χ1n) is 8.12. The third-order valence-corrected chi connectivity index (χ3v) is 5.47. The van der Waals surface area contributed by atoms with Crippen LogP contribution in [-0.2, 0) is 4.52 Å². The molecule has 0 saturated carbocycles. The number of halogens is 1. The molecule has 130 valence electrons. The Morgan fingerprint density at radius 1 is 0.833 bits per heavy atom. The highest BCUT2D eigenvalue weighted by molar-refractivity contribution is 7.88. The normalized spacial score (nSPS) is 11.6. The van der Waals surface area contributed by atoms with Crippen molar-refractivity contribution < 1.29 is 13.6 Å². The zero-order chi connectivity index (χ0) is 17.6. The van der Waals surface area contributed by atoms with Crippen LogP contribution in [0.25, 0.3) is 0 Å². The van der Waals surface area contributed by atoms with E-state index in [0.717, 1.165) is 17.5 Å². The van der Waals surface area contributed by atoms with Gasteiger partial charge in [-0.2, -0.15) is 4.52 Å². The highest BCUT2D eigenvalue weighted by atomic mass is 35.7. The van der Waals surface area contributed by atoms with Gasteiger partial charge in [0, 0.05) is 0 Å². The van der Waals surface area contributed by atoms with Crippen LogP contribution in [-0.4, -0.2) is 6.61 Å². The van der Waals surface area contributed by atoms with Gasteiger partial charge in [0.2, 0.25) is 11.2 Å². The Labute approximate surface area is 150 Å². The SMILES string of the molecule is Cc1ccc(O[P+](Cl)(OCCC(C)C)Oc2ccc(C)cc2)cc1. The Morgan fingerprint density at radius 3 is 1.62 bits per heavy atom. The molecule has 0 aromatic heterocycles. The topological polar surface area (TPSA) is 27.7 Å². The number of benzene rings is 2. The van der Waals surface area contributed by atoms with Crippen molar-refractivity contribution >= 4 is 18.5 Å². The van der Waals surface area contributed by atoms with Crippen LogP contribution in [0, 0.1) is 19.8 Å². The van der Waals surface area contributed by atoms with Crippen LogP contribution in [0.5, 0.6) is 11.5 Å². The van der Waals surface area contributed by atoms with E-state index in [1.807, 2.05) is 62.4 Å². The van der Waals surface area contributed by atoms with Gasteiger partial charge in [0.05, 0.1) is 0 Å². The molecule has 24 heavy (non-hydrogen) atoms. The summed E-state index contributed by atoms with van der Waals surface area (Å²) in [6.07, 6.45) is 0.892. The van der Waals surface area contributed by atoms with Gasteiger partial charge >= 0.3 is 7.30 Å². The maximum absolute atomic E-state index is 6.62. The highest BCUT2D eigenvalue weighted by Gasteiger charge is 2.48. The monoisotopic (exact) mass is 367 g/mol. The molecule has 0 unspecified atom stereocenters. The summed E-state index contributed by atoms with van der Waals surface area (Å²) in [5.41, 5.74) is 2.31. The minimum absolute atomic E-state index is 0.493. The lowest BCUT2D eigenvalue weighted by molar-refractivity contribution is 0.241. The zero-order valence-corrected chi connectivity index (χ0v) is 16.3. The van der Waals surface area contributed by atoms with Crippen LogP contribution in [0.3, 0.4) is 0 Å². The average Bonchev–Trinajstić information content (AvgIpc) is 2.51. The third-order valence-electron chi connectivity index (χ3n) is 3.41. The Kier molecular flexibility index (Phi) is 6.91. The average molecular weight is 368 g/mol. The van der Waals surface area contributed by atoms with Gasteiger partial charge in [-0.3, -0.25) is 9.05 Å². The summed E-state index contributed by atoms with van der Waals surface area (Å²) < 4.78 is 17.7. The Bertz CT molecular complexity index is 579. The Morgan fingerprint density at radius 2 is 1.25 bits per heavy atom. The summed E-state index contributed by atoms with van der Waals surface area (Å²) in [5, 5.41) is 0. The summed E-state index contributed by atoms with van der Waals surface area (Å²) in [6, 6.07) is 15.4. The fourth-order valence-electron chi connectivity index (χ4n) is 1.92. The molecule has 0 aliphatic carbocycles. The van der Waals surface area contributed by atoms with Gasteiger partial charge in [-0.1, -0.05) is 49.2 Å². The van der Waals surface area contributed by atoms with Crippen LogP contribution in [0.4, 0.5) is 0 Å². The lowest BCUT2D eigenvalue weighted by Crippen LogP contribution is -2.09. The first-order valence-corrected chi connectivity index (χ1v) is 10.6. The van der Waals surface area contributed by atoms with Crippen LogP contribution in [0.15, 0.2) is 48.5 Å². The third kappa shape index (κ3) is 6.32. The smallest absolute Gasteiger partial charge is 0.264 e. The van der Waals surface area contributed by atoms with Crippen molar-refractivity contribution in [1.29, 1.82) is 0 Å². The summed E-state index contributed by atoms with van der Waals surface area (Å²) in [5.74, 6) is 1.80. The molecule has 0 heterocycles. The van der Waals surface area contributed by atoms with Crippen molar-refractivity contribution in [3.8, 4) is 11.5 Å². The molecule has 0 atom stereocenters. The van der Waals surface area contributed by atoms with Crippen molar-refractivity contribution in [2.24, 2.45) is 5.92 Å². The second-order valence-electron chi connectivity index (χ2n) is 6.26. The summed E-state index contributed by atoms with van der Waals surface area (Å²) in [7, 11) is -3.03. The van der Waals surface area contributed by atoms with Gasteiger partial charge in [0.15, 0.2) is 11.5 Å². The molecule has 0 aliphatic rings. The van der Waals surface area contributed by atoms with Crippen molar-refractivity contribution in [2.45, 2.75) is 34.1 Å². The van der Waals surface area contributed by atoms with Crippen LogP contribution < -0.4 is 9.05 Å². The van der Waals surface area contributed by atoms with E-state index in [9.17, 15) is 0 Å². The summed E-state index contributed by atoms with van der Waals surface area (Å²) >= 11 is 6.62. The zero-order valence-electron chi connectivity index (χ0n) is 14.7. The van der Waals surface area contributed by atoms with Crippen molar-refractivity contribution in [1.82, 2.24) is 0 Å². The molecule has 5 heteroatoms. The molecule has 0 aliphatic heterocycles. The van der Waals surface area contributed by atoms with Gasteiger partial charge in [0.1, 0.15) is 6.61 Å². The molecule has 2 aromatic carbocycles. The van der Waals surface area contributed by atoms with E-state index in [1.165, 1.54) is 0 Å². The fourth-order valence-corrected chi connectivity index (χ4v) is 3.82. The highest BCUT2D eigenvalue weighted by Crippen LogP contribution is 2.65. The minimum atomic E-state index is -3.03. The lowest BCUT2D eigenvalue weighted by atomic mass is 10.2. The van der Waals surface area contributed by atoms with Crippen LogP contribution >= 0.6 is 18.5 Å². The fraction of sp³-hybridized carbons (Fsp3) is 0.368. The molecule has 0 radical (unpaired) electrons. The van der Waals surface area contributed by atoms with Gasteiger partial charge in [-0.05, 0) is 50.5 Å². The van der Waals surface area contributed by atoms with Crippen LogP contribution in [0.2, 0.25) is 0 Å².